The number of fused-ring (bicyclic) bond motifs is 1. The van der Waals surface area contributed by atoms with E-state index in [0.717, 1.165) is 22.3 Å². The first-order valence-electron chi connectivity index (χ1n) is 5.18. The maximum Gasteiger partial charge on any atom is 0.0968 e. The molecular weight excluding hydrogens is 202 g/mol. The summed E-state index contributed by atoms with van der Waals surface area (Å²) in [7, 11) is 1.66. The van der Waals surface area contributed by atoms with E-state index >= 15 is 0 Å². The van der Waals surface area contributed by atoms with Gasteiger partial charge < -0.3 is 10.5 Å². The molecule has 0 amide bonds. The molecule has 16 heavy (non-hydrogen) atoms. The topological polar surface area (TPSA) is 61.0 Å². The molecule has 0 spiro atoms. The Kier molecular flexibility index (Phi) is 2.75. The Balaban J connectivity index is 2.77. The fourth-order valence-corrected chi connectivity index (χ4v) is 1.74. The molecule has 0 aliphatic heterocycles. The lowest BCUT2D eigenvalue weighted by Crippen LogP contribution is -2.05. The van der Waals surface area contributed by atoms with Gasteiger partial charge in [0.15, 0.2) is 0 Å². The largest absolute Gasteiger partial charge is 0.397 e. The fourth-order valence-electron chi connectivity index (χ4n) is 1.74. The van der Waals surface area contributed by atoms with Gasteiger partial charge in [0.2, 0.25) is 0 Å². The van der Waals surface area contributed by atoms with Crippen LogP contribution in [0.15, 0.2) is 18.3 Å². The number of nitrogens with two attached hydrogens (primary N) is 1. The second kappa shape index (κ2) is 4.06. The fraction of sp³-hybridized carbons (Fsp3) is 0.333. The lowest BCUT2D eigenvalue weighted by Gasteiger charge is -2.14. The number of rotatable bonds is 2. The van der Waals surface area contributed by atoms with Gasteiger partial charge in [0.05, 0.1) is 29.0 Å². The highest BCUT2D eigenvalue weighted by Gasteiger charge is 2.14. The van der Waals surface area contributed by atoms with Crippen LogP contribution in [0.1, 0.15) is 24.3 Å². The van der Waals surface area contributed by atoms with Crippen LogP contribution >= 0.6 is 0 Å². The number of hydrogen-bond donors (Lipinski definition) is 1. The number of nitrogens with zero attached hydrogens (tertiary/aromatic N) is 2. The van der Waals surface area contributed by atoms with Crippen molar-refractivity contribution in [3.8, 4) is 0 Å². The van der Waals surface area contributed by atoms with Crippen molar-refractivity contribution in [3.05, 3.63) is 29.6 Å². The number of aromatic nitrogens is 2. The lowest BCUT2D eigenvalue weighted by molar-refractivity contribution is 0.121. The highest BCUT2D eigenvalue weighted by atomic mass is 16.5. The van der Waals surface area contributed by atoms with E-state index in [1.165, 1.54) is 0 Å². The summed E-state index contributed by atoms with van der Waals surface area (Å²) in [5.41, 5.74) is 10.1. The Bertz CT molecular complexity index is 520. The number of pyridine rings is 2. The smallest absolute Gasteiger partial charge is 0.0968 e. The zero-order valence-corrected chi connectivity index (χ0v) is 9.69. The minimum atomic E-state index is -0.0835. The SMILES string of the molecule is COC(C)c1c(N)cnc2ccc(C)nc12. The third kappa shape index (κ3) is 1.72. The summed E-state index contributed by atoms with van der Waals surface area (Å²) in [5, 5.41) is 0. The summed E-state index contributed by atoms with van der Waals surface area (Å²) >= 11 is 0. The van der Waals surface area contributed by atoms with Crippen LogP contribution in [-0.2, 0) is 4.74 Å². The zero-order valence-electron chi connectivity index (χ0n) is 9.69. The molecule has 0 saturated heterocycles. The molecule has 1 atom stereocenters. The molecular formula is C12H15N3O. The van der Waals surface area contributed by atoms with Crippen LogP contribution in [-0.4, -0.2) is 17.1 Å². The first kappa shape index (κ1) is 10.8. The molecule has 0 aromatic carbocycles. The number of ether oxygens (including phenoxy) is 1. The second-order valence-corrected chi connectivity index (χ2v) is 3.83. The third-order valence-corrected chi connectivity index (χ3v) is 2.68. The van der Waals surface area contributed by atoms with Crippen molar-refractivity contribution in [1.82, 2.24) is 9.97 Å². The Morgan fingerprint density at radius 2 is 2.12 bits per heavy atom. The van der Waals surface area contributed by atoms with Gasteiger partial charge in [-0.1, -0.05) is 0 Å². The minimum Gasteiger partial charge on any atom is -0.397 e. The van der Waals surface area contributed by atoms with Crippen molar-refractivity contribution >= 4 is 16.7 Å². The van der Waals surface area contributed by atoms with Crippen molar-refractivity contribution in [2.75, 3.05) is 12.8 Å². The number of nitrogen functional groups attached to an aromatic ring is 1. The number of methoxy groups -OCH3 is 1. The minimum absolute atomic E-state index is 0.0835. The predicted octanol–water partition coefficient (Wildman–Crippen LogP) is 2.23. The summed E-state index contributed by atoms with van der Waals surface area (Å²) in [5.74, 6) is 0. The van der Waals surface area contributed by atoms with Gasteiger partial charge in [-0.2, -0.15) is 0 Å². The molecule has 0 saturated carbocycles. The van der Waals surface area contributed by atoms with E-state index in [2.05, 4.69) is 9.97 Å². The Morgan fingerprint density at radius 3 is 2.81 bits per heavy atom. The van der Waals surface area contributed by atoms with Gasteiger partial charge in [0.1, 0.15) is 0 Å². The molecule has 2 rings (SSSR count). The number of anilines is 1. The highest BCUT2D eigenvalue weighted by molar-refractivity contribution is 5.82. The molecule has 2 heterocycles. The quantitative estimate of drug-likeness (QED) is 0.837. The third-order valence-electron chi connectivity index (χ3n) is 2.68. The van der Waals surface area contributed by atoms with Crippen LogP contribution in [0.5, 0.6) is 0 Å². The molecule has 0 bridgehead atoms. The van der Waals surface area contributed by atoms with Gasteiger partial charge in [-0.3, -0.25) is 9.97 Å². The molecule has 1 unspecified atom stereocenters. The van der Waals surface area contributed by atoms with Gasteiger partial charge in [-0.25, -0.2) is 0 Å². The van der Waals surface area contributed by atoms with Gasteiger partial charge in [0.25, 0.3) is 0 Å². The maximum atomic E-state index is 5.93. The molecule has 4 heteroatoms. The number of aryl methyl sites for hydroxylation is 1. The molecule has 0 aliphatic carbocycles. The molecule has 0 fully saturated rings. The summed E-state index contributed by atoms with van der Waals surface area (Å²) in [6.07, 6.45) is 1.57. The van der Waals surface area contributed by atoms with Crippen LogP contribution in [0.3, 0.4) is 0 Å². The molecule has 2 N–H and O–H groups in total. The normalized spacial score (nSPS) is 12.9. The molecule has 84 valence electrons. The van der Waals surface area contributed by atoms with Gasteiger partial charge in [-0.05, 0) is 26.0 Å². The highest BCUT2D eigenvalue weighted by Crippen LogP contribution is 2.28. The van der Waals surface area contributed by atoms with E-state index in [1.807, 2.05) is 26.0 Å². The van der Waals surface area contributed by atoms with Gasteiger partial charge >= 0.3 is 0 Å². The predicted molar refractivity (Wildman–Crippen MR) is 64.1 cm³/mol. The van der Waals surface area contributed by atoms with E-state index in [0.29, 0.717) is 5.69 Å². The van der Waals surface area contributed by atoms with Crippen LogP contribution < -0.4 is 5.73 Å². The van der Waals surface area contributed by atoms with Gasteiger partial charge in [0, 0.05) is 18.4 Å². The Labute approximate surface area is 94.5 Å². The van der Waals surface area contributed by atoms with Gasteiger partial charge in [-0.15, -0.1) is 0 Å². The van der Waals surface area contributed by atoms with Crippen LogP contribution in [0.25, 0.3) is 11.0 Å². The molecule has 0 radical (unpaired) electrons. The molecule has 2 aromatic rings. The Morgan fingerprint density at radius 1 is 1.38 bits per heavy atom. The number of hydrogen-bond acceptors (Lipinski definition) is 4. The summed E-state index contributed by atoms with van der Waals surface area (Å²) < 4.78 is 5.32. The van der Waals surface area contributed by atoms with Crippen molar-refractivity contribution in [3.63, 3.8) is 0 Å². The van der Waals surface area contributed by atoms with E-state index in [4.69, 9.17) is 10.5 Å². The van der Waals surface area contributed by atoms with Crippen molar-refractivity contribution in [1.29, 1.82) is 0 Å². The van der Waals surface area contributed by atoms with Crippen LogP contribution in [0.4, 0.5) is 5.69 Å². The average molecular weight is 217 g/mol. The standard InChI is InChI=1S/C12H15N3O/c1-7-4-5-10-12(15-7)11(8(2)16-3)9(13)6-14-10/h4-6,8H,13H2,1-3H3. The maximum absolute atomic E-state index is 5.93. The molecule has 0 aliphatic rings. The monoisotopic (exact) mass is 217 g/mol. The van der Waals surface area contributed by atoms with Crippen molar-refractivity contribution in [2.45, 2.75) is 20.0 Å². The average Bonchev–Trinajstić information content (AvgIpc) is 2.28. The summed E-state index contributed by atoms with van der Waals surface area (Å²) in [4.78, 5) is 8.74. The molecule has 2 aromatic heterocycles. The zero-order chi connectivity index (χ0) is 11.7. The Hall–Kier alpha value is -1.68. The molecule has 4 nitrogen and oxygen atoms in total. The first-order chi connectivity index (χ1) is 7.63. The van der Waals surface area contributed by atoms with E-state index in [1.54, 1.807) is 13.3 Å². The van der Waals surface area contributed by atoms with E-state index < -0.39 is 0 Å². The van der Waals surface area contributed by atoms with Crippen LogP contribution in [0.2, 0.25) is 0 Å². The van der Waals surface area contributed by atoms with Crippen molar-refractivity contribution in [2.24, 2.45) is 0 Å². The summed E-state index contributed by atoms with van der Waals surface area (Å²) in [6, 6.07) is 3.88. The van der Waals surface area contributed by atoms with Crippen LogP contribution in [0, 0.1) is 6.92 Å². The van der Waals surface area contributed by atoms with Crippen molar-refractivity contribution < 1.29 is 4.74 Å². The van der Waals surface area contributed by atoms with E-state index in [9.17, 15) is 0 Å². The van der Waals surface area contributed by atoms with E-state index in [-0.39, 0.29) is 6.10 Å². The first-order valence-corrected chi connectivity index (χ1v) is 5.18. The summed E-state index contributed by atoms with van der Waals surface area (Å²) in [6.45, 7) is 3.90. The second-order valence-electron chi connectivity index (χ2n) is 3.83. The lowest BCUT2D eigenvalue weighted by atomic mass is 10.1.